The minimum atomic E-state index is -0.249. The Balaban J connectivity index is 1.65. The van der Waals surface area contributed by atoms with Crippen LogP contribution in [0.15, 0.2) is 12.2 Å². The molecule has 2 aliphatic heterocycles. The van der Waals surface area contributed by atoms with Crippen LogP contribution in [0.2, 0.25) is 0 Å². The Hall–Kier alpha value is -0.870. The number of carbonyl (C=O) groups excluding carboxylic acids is 1. The van der Waals surface area contributed by atoms with E-state index >= 15 is 0 Å². The van der Waals surface area contributed by atoms with Crippen LogP contribution in [-0.4, -0.2) is 45.4 Å². The maximum Gasteiger partial charge on any atom is 0.337 e. The largest absolute Gasteiger partial charge is 0.412 e. The summed E-state index contributed by atoms with van der Waals surface area (Å²) in [5.74, 6) is 1.60. The summed E-state index contributed by atoms with van der Waals surface area (Å²) in [6, 6.07) is 0. The van der Waals surface area contributed by atoms with E-state index in [0.29, 0.717) is 12.3 Å². The highest BCUT2D eigenvalue weighted by Crippen LogP contribution is 2.26. The van der Waals surface area contributed by atoms with E-state index < -0.39 is 0 Å². The number of hydrogen-bond acceptors (Lipinski definition) is 2. The number of ether oxygens (including phenoxy) is 1. The van der Waals surface area contributed by atoms with Crippen LogP contribution in [0.3, 0.4) is 0 Å². The summed E-state index contributed by atoms with van der Waals surface area (Å²) < 4.78 is 5.29. The molecule has 2 fully saturated rings. The van der Waals surface area contributed by atoms with Gasteiger partial charge in [-0.1, -0.05) is 13.5 Å². The number of hydrogen-bond donors (Lipinski definition) is 2. The van der Waals surface area contributed by atoms with Gasteiger partial charge in [-0.25, -0.2) is 4.79 Å². The molecule has 0 spiro atoms. The van der Waals surface area contributed by atoms with E-state index in [1.165, 1.54) is 56.6 Å². The average molecular weight is 310 g/mol. The molecule has 2 aliphatic rings. The first-order chi connectivity index (χ1) is 10.6. The monoisotopic (exact) mass is 310 g/mol. The van der Waals surface area contributed by atoms with Gasteiger partial charge >= 0.3 is 5.97 Å². The molecule has 0 radical (unpaired) electrons. The number of quaternary nitrogens is 2. The highest BCUT2D eigenvalue weighted by atomic mass is 16.5. The van der Waals surface area contributed by atoms with Gasteiger partial charge in [0.15, 0.2) is 0 Å². The Bertz CT molecular complexity index is 367. The molecule has 0 bridgehead atoms. The predicted octanol–water partition coefficient (Wildman–Crippen LogP) is 0.0630. The summed E-state index contributed by atoms with van der Waals surface area (Å²) in [6.07, 6.45) is 6.74. The van der Waals surface area contributed by atoms with E-state index in [1.807, 2.05) is 4.90 Å². The molecule has 2 saturated heterocycles. The quantitative estimate of drug-likeness (QED) is 0.538. The van der Waals surface area contributed by atoms with Crippen molar-refractivity contribution in [1.82, 2.24) is 0 Å². The second-order valence-electron chi connectivity index (χ2n) is 7.28. The van der Waals surface area contributed by atoms with Gasteiger partial charge in [0.05, 0.1) is 32.7 Å². The van der Waals surface area contributed by atoms with Crippen molar-refractivity contribution in [3.8, 4) is 0 Å². The van der Waals surface area contributed by atoms with Crippen molar-refractivity contribution in [3.05, 3.63) is 12.2 Å². The van der Waals surface area contributed by atoms with E-state index in [0.717, 1.165) is 24.9 Å². The molecule has 4 nitrogen and oxygen atoms in total. The first kappa shape index (κ1) is 17.5. The second kappa shape index (κ2) is 8.68. The fourth-order valence-corrected chi connectivity index (χ4v) is 4.08. The van der Waals surface area contributed by atoms with Crippen LogP contribution in [0.5, 0.6) is 0 Å². The van der Waals surface area contributed by atoms with Crippen molar-refractivity contribution >= 4 is 5.97 Å². The Morgan fingerprint density at radius 2 is 1.55 bits per heavy atom. The second-order valence-corrected chi connectivity index (χ2v) is 7.28. The lowest BCUT2D eigenvalue weighted by Crippen LogP contribution is -3.14. The highest BCUT2D eigenvalue weighted by molar-refractivity contribution is 5.86. The lowest BCUT2D eigenvalue weighted by molar-refractivity contribution is -0.924. The molecule has 0 aromatic carbocycles. The third-order valence-corrected chi connectivity index (χ3v) is 5.50. The number of rotatable bonds is 6. The van der Waals surface area contributed by atoms with Gasteiger partial charge in [0, 0.05) is 5.57 Å². The van der Waals surface area contributed by atoms with Gasteiger partial charge in [-0.15, -0.1) is 0 Å². The van der Waals surface area contributed by atoms with Crippen LogP contribution in [0.4, 0.5) is 0 Å². The Morgan fingerprint density at radius 1 is 1.05 bits per heavy atom. The fourth-order valence-electron chi connectivity index (χ4n) is 4.08. The maximum atomic E-state index is 11.4. The van der Waals surface area contributed by atoms with Gasteiger partial charge in [0.1, 0.15) is 0 Å². The lowest BCUT2D eigenvalue weighted by atomic mass is 9.79. The standard InChI is InChI=1S/C18H32N2O2/c1-4-9-19-10-5-16(6-11-19)17-7-12-20(13-8-17)14-22-18(21)15(2)3/h16-17H,2,4-14H2,1,3H3/p+2. The molecule has 2 heterocycles. The predicted molar refractivity (Wildman–Crippen MR) is 87.8 cm³/mol. The SMILES string of the molecule is C=C(C)C(=O)OC[NH+]1CCC(C2CC[NH+](CCC)CC2)CC1. The topological polar surface area (TPSA) is 35.2 Å². The van der Waals surface area contributed by atoms with E-state index in [4.69, 9.17) is 4.74 Å². The van der Waals surface area contributed by atoms with Gasteiger partial charge < -0.3 is 14.5 Å². The van der Waals surface area contributed by atoms with Crippen LogP contribution in [-0.2, 0) is 9.53 Å². The minimum Gasteiger partial charge on any atom is -0.412 e. The zero-order chi connectivity index (χ0) is 15.9. The Kier molecular flexibility index (Phi) is 6.90. The van der Waals surface area contributed by atoms with Crippen molar-refractivity contribution < 1.29 is 19.3 Å². The first-order valence-corrected chi connectivity index (χ1v) is 9.10. The summed E-state index contributed by atoms with van der Waals surface area (Å²) in [5, 5.41) is 0. The summed E-state index contributed by atoms with van der Waals surface area (Å²) >= 11 is 0. The smallest absolute Gasteiger partial charge is 0.337 e. The molecular weight excluding hydrogens is 276 g/mol. The van der Waals surface area contributed by atoms with Crippen molar-refractivity contribution in [2.45, 2.75) is 46.0 Å². The molecule has 0 unspecified atom stereocenters. The van der Waals surface area contributed by atoms with E-state index in [2.05, 4.69) is 13.5 Å². The minimum absolute atomic E-state index is 0.249. The number of likely N-dealkylation sites (tertiary alicyclic amines) is 2. The fraction of sp³-hybridized carbons (Fsp3) is 0.833. The van der Waals surface area contributed by atoms with Crippen LogP contribution in [0.1, 0.15) is 46.0 Å². The molecule has 0 aromatic rings. The molecule has 0 aromatic heterocycles. The Labute approximate surface area is 135 Å². The molecule has 0 amide bonds. The Morgan fingerprint density at radius 3 is 2.00 bits per heavy atom. The molecule has 4 heteroatoms. The van der Waals surface area contributed by atoms with Gasteiger partial charge in [-0.3, -0.25) is 0 Å². The summed E-state index contributed by atoms with van der Waals surface area (Å²) in [7, 11) is 0. The van der Waals surface area contributed by atoms with Gasteiger partial charge in [-0.2, -0.15) is 0 Å². The van der Waals surface area contributed by atoms with Crippen molar-refractivity contribution in [3.63, 3.8) is 0 Å². The first-order valence-electron chi connectivity index (χ1n) is 9.10. The molecular formula is C18H34N2O2+2. The summed E-state index contributed by atoms with van der Waals surface area (Å²) in [4.78, 5) is 14.7. The molecule has 126 valence electrons. The summed E-state index contributed by atoms with van der Waals surface area (Å²) in [6.45, 7) is 14.5. The van der Waals surface area contributed by atoms with E-state index in [-0.39, 0.29) is 5.97 Å². The molecule has 0 atom stereocenters. The molecule has 0 saturated carbocycles. The van der Waals surface area contributed by atoms with Gasteiger partial charge in [-0.05, 0) is 50.9 Å². The normalized spacial score (nSPS) is 32.5. The van der Waals surface area contributed by atoms with Crippen molar-refractivity contribution in [1.29, 1.82) is 0 Å². The number of esters is 1. The zero-order valence-electron chi connectivity index (χ0n) is 14.5. The zero-order valence-corrected chi connectivity index (χ0v) is 14.5. The van der Waals surface area contributed by atoms with E-state index in [9.17, 15) is 4.79 Å². The average Bonchev–Trinajstić information content (AvgIpc) is 2.54. The molecule has 22 heavy (non-hydrogen) atoms. The highest BCUT2D eigenvalue weighted by Gasteiger charge is 2.32. The third-order valence-electron chi connectivity index (χ3n) is 5.50. The molecule has 0 aliphatic carbocycles. The van der Waals surface area contributed by atoms with Crippen LogP contribution < -0.4 is 9.80 Å². The van der Waals surface area contributed by atoms with Crippen LogP contribution >= 0.6 is 0 Å². The van der Waals surface area contributed by atoms with Crippen LogP contribution in [0.25, 0.3) is 0 Å². The van der Waals surface area contributed by atoms with Gasteiger partial charge in [0.2, 0.25) is 6.73 Å². The molecule has 2 N–H and O–H groups in total. The maximum absolute atomic E-state index is 11.4. The summed E-state index contributed by atoms with van der Waals surface area (Å²) in [5.41, 5.74) is 0.496. The van der Waals surface area contributed by atoms with Crippen LogP contribution in [0, 0.1) is 11.8 Å². The third kappa shape index (κ3) is 5.10. The van der Waals surface area contributed by atoms with E-state index in [1.54, 1.807) is 6.92 Å². The lowest BCUT2D eigenvalue weighted by Gasteiger charge is -2.37. The van der Waals surface area contributed by atoms with Crippen molar-refractivity contribution in [2.75, 3.05) is 39.5 Å². The van der Waals surface area contributed by atoms with Crippen molar-refractivity contribution in [2.24, 2.45) is 11.8 Å². The molecule has 2 rings (SSSR count). The number of carbonyl (C=O) groups is 1. The van der Waals surface area contributed by atoms with Gasteiger partial charge in [0.25, 0.3) is 0 Å². The number of nitrogens with one attached hydrogen (secondary N) is 2. The number of piperidine rings is 2.